The van der Waals surface area contributed by atoms with Crippen LogP contribution in [-0.2, 0) is 6.54 Å². The highest BCUT2D eigenvalue weighted by atomic mass is 15.2. The number of pyridine rings is 1. The summed E-state index contributed by atoms with van der Waals surface area (Å²) in [5.41, 5.74) is 7.92. The number of nitrogens with two attached hydrogens (primary N) is 1. The molecule has 0 aliphatic carbocycles. The van der Waals surface area contributed by atoms with Gasteiger partial charge in [-0.05, 0) is 43.9 Å². The van der Waals surface area contributed by atoms with Gasteiger partial charge in [0.05, 0.1) is 0 Å². The van der Waals surface area contributed by atoms with Gasteiger partial charge in [-0.15, -0.1) is 0 Å². The third-order valence-electron chi connectivity index (χ3n) is 2.92. The summed E-state index contributed by atoms with van der Waals surface area (Å²) in [5, 5.41) is 0. The summed E-state index contributed by atoms with van der Waals surface area (Å²) < 4.78 is 0. The van der Waals surface area contributed by atoms with E-state index in [0.29, 0.717) is 6.54 Å². The maximum Gasteiger partial charge on any atom is 0.129 e. The predicted molar refractivity (Wildman–Crippen MR) is 62.9 cm³/mol. The largest absolute Gasteiger partial charge is 0.357 e. The van der Waals surface area contributed by atoms with E-state index in [9.17, 15) is 0 Å². The van der Waals surface area contributed by atoms with Crippen LogP contribution in [0.25, 0.3) is 0 Å². The zero-order valence-electron chi connectivity index (χ0n) is 9.37. The Labute approximate surface area is 91.3 Å². The van der Waals surface area contributed by atoms with E-state index in [1.807, 2.05) is 6.92 Å². The van der Waals surface area contributed by atoms with E-state index >= 15 is 0 Å². The van der Waals surface area contributed by atoms with Crippen molar-refractivity contribution in [3.05, 3.63) is 23.4 Å². The molecule has 3 nitrogen and oxygen atoms in total. The zero-order chi connectivity index (χ0) is 10.7. The molecule has 0 radical (unpaired) electrons. The summed E-state index contributed by atoms with van der Waals surface area (Å²) in [6, 6.07) is 4.19. The highest BCUT2D eigenvalue weighted by molar-refractivity contribution is 5.42. The molecular weight excluding hydrogens is 186 g/mol. The molecule has 1 aliphatic rings. The van der Waals surface area contributed by atoms with Gasteiger partial charge in [-0.25, -0.2) is 4.98 Å². The van der Waals surface area contributed by atoms with Gasteiger partial charge < -0.3 is 10.6 Å². The van der Waals surface area contributed by atoms with Crippen molar-refractivity contribution in [2.24, 2.45) is 5.73 Å². The molecule has 82 valence electrons. The molecule has 2 rings (SSSR count). The van der Waals surface area contributed by atoms with Crippen LogP contribution < -0.4 is 10.6 Å². The summed E-state index contributed by atoms with van der Waals surface area (Å²) in [4.78, 5) is 6.95. The minimum absolute atomic E-state index is 0.601. The Bertz CT molecular complexity index is 330. The number of anilines is 1. The number of aromatic nitrogens is 1. The molecule has 0 atom stereocenters. The second kappa shape index (κ2) is 4.62. The van der Waals surface area contributed by atoms with Crippen molar-refractivity contribution in [3.8, 4) is 0 Å². The summed E-state index contributed by atoms with van der Waals surface area (Å²) >= 11 is 0. The number of hydrogen-bond donors (Lipinski definition) is 1. The Morgan fingerprint density at radius 3 is 2.67 bits per heavy atom. The first-order valence-electron chi connectivity index (χ1n) is 5.72. The normalized spacial score (nSPS) is 16.8. The van der Waals surface area contributed by atoms with Crippen molar-refractivity contribution in [1.82, 2.24) is 4.98 Å². The molecule has 0 amide bonds. The topological polar surface area (TPSA) is 42.1 Å². The lowest BCUT2D eigenvalue weighted by Crippen LogP contribution is -2.30. The standard InChI is InChI=1S/C12H19N3/c1-10-7-11(9-13)8-12(14-10)15-5-3-2-4-6-15/h7-8H,2-6,9,13H2,1H3. The summed E-state index contributed by atoms with van der Waals surface area (Å²) in [6.07, 6.45) is 3.92. The Morgan fingerprint density at radius 1 is 1.27 bits per heavy atom. The fourth-order valence-corrected chi connectivity index (χ4v) is 2.12. The first-order valence-corrected chi connectivity index (χ1v) is 5.72. The SMILES string of the molecule is Cc1cc(CN)cc(N2CCCCC2)n1. The molecule has 3 heteroatoms. The molecule has 1 aliphatic heterocycles. The van der Waals surface area contributed by atoms with Gasteiger partial charge in [0.2, 0.25) is 0 Å². The maximum absolute atomic E-state index is 5.67. The first-order chi connectivity index (χ1) is 7.29. The van der Waals surface area contributed by atoms with E-state index < -0.39 is 0 Å². The van der Waals surface area contributed by atoms with Crippen molar-refractivity contribution in [2.45, 2.75) is 32.7 Å². The molecule has 1 fully saturated rings. The van der Waals surface area contributed by atoms with Crippen molar-refractivity contribution in [2.75, 3.05) is 18.0 Å². The van der Waals surface area contributed by atoms with Crippen LogP contribution in [0, 0.1) is 6.92 Å². The smallest absolute Gasteiger partial charge is 0.129 e. The molecule has 0 bridgehead atoms. The predicted octanol–water partition coefficient (Wildman–Crippen LogP) is 1.84. The Morgan fingerprint density at radius 2 is 2.00 bits per heavy atom. The third-order valence-corrected chi connectivity index (χ3v) is 2.92. The second-order valence-corrected chi connectivity index (χ2v) is 4.23. The highest BCUT2D eigenvalue weighted by Crippen LogP contribution is 2.19. The molecule has 0 unspecified atom stereocenters. The van der Waals surface area contributed by atoms with Gasteiger partial charge in [0.1, 0.15) is 5.82 Å². The van der Waals surface area contributed by atoms with Crippen LogP contribution in [0.4, 0.5) is 5.82 Å². The van der Waals surface area contributed by atoms with Gasteiger partial charge in [-0.1, -0.05) is 0 Å². The molecule has 2 heterocycles. The summed E-state index contributed by atoms with van der Waals surface area (Å²) in [5.74, 6) is 1.11. The summed E-state index contributed by atoms with van der Waals surface area (Å²) in [6.45, 7) is 4.91. The molecule has 15 heavy (non-hydrogen) atoms. The number of piperidine rings is 1. The van der Waals surface area contributed by atoms with Crippen LogP contribution >= 0.6 is 0 Å². The third kappa shape index (κ3) is 2.48. The molecule has 0 aromatic carbocycles. The van der Waals surface area contributed by atoms with Crippen LogP contribution in [0.15, 0.2) is 12.1 Å². The van der Waals surface area contributed by atoms with E-state index in [0.717, 1.165) is 24.6 Å². The van der Waals surface area contributed by atoms with Crippen molar-refractivity contribution in [3.63, 3.8) is 0 Å². The minimum atomic E-state index is 0.601. The van der Waals surface area contributed by atoms with Crippen molar-refractivity contribution >= 4 is 5.82 Å². The van der Waals surface area contributed by atoms with Gasteiger partial charge in [-0.3, -0.25) is 0 Å². The van der Waals surface area contributed by atoms with E-state index in [4.69, 9.17) is 5.73 Å². The number of rotatable bonds is 2. The highest BCUT2D eigenvalue weighted by Gasteiger charge is 2.12. The number of hydrogen-bond acceptors (Lipinski definition) is 3. The number of aryl methyl sites for hydroxylation is 1. The monoisotopic (exact) mass is 205 g/mol. The maximum atomic E-state index is 5.67. The quantitative estimate of drug-likeness (QED) is 0.801. The van der Waals surface area contributed by atoms with Gasteiger partial charge in [0, 0.05) is 25.3 Å². The fraction of sp³-hybridized carbons (Fsp3) is 0.583. The lowest BCUT2D eigenvalue weighted by Gasteiger charge is -2.28. The van der Waals surface area contributed by atoms with E-state index in [2.05, 4.69) is 22.0 Å². The van der Waals surface area contributed by atoms with Crippen LogP contribution in [0.1, 0.15) is 30.5 Å². The minimum Gasteiger partial charge on any atom is -0.357 e. The van der Waals surface area contributed by atoms with Gasteiger partial charge in [0.15, 0.2) is 0 Å². The van der Waals surface area contributed by atoms with E-state index in [1.54, 1.807) is 0 Å². The van der Waals surface area contributed by atoms with Crippen LogP contribution in [-0.4, -0.2) is 18.1 Å². The van der Waals surface area contributed by atoms with Crippen LogP contribution in [0.2, 0.25) is 0 Å². The average molecular weight is 205 g/mol. The van der Waals surface area contributed by atoms with Gasteiger partial charge in [-0.2, -0.15) is 0 Å². The Kier molecular flexibility index (Phi) is 3.21. The fourth-order valence-electron chi connectivity index (χ4n) is 2.12. The van der Waals surface area contributed by atoms with Crippen LogP contribution in [0.5, 0.6) is 0 Å². The lowest BCUT2D eigenvalue weighted by atomic mass is 10.1. The van der Waals surface area contributed by atoms with Crippen molar-refractivity contribution < 1.29 is 0 Å². The van der Waals surface area contributed by atoms with E-state index in [-0.39, 0.29) is 0 Å². The Balaban J connectivity index is 2.22. The Hall–Kier alpha value is -1.09. The molecule has 1 aromatic rings. The molecule has 1 aromatic heterocycles. The number of nitrogens with zero attached hydrogens (tertiary/aromatic N) is 2. The van der Waals surface area contributed by atoms with Gasteiger partial charge >= 0.3 is 0 Å². The van der Waals surface area contributed by atoms with Crippen molar-refractivity contribution in [1.29, 1.82) is 0 Å². The molecule has 1 saturated heterocycles. The first kappa shape index (κ1) is 10.4. The molecule has 2 N–H and O–H groups in total. The average Bonchev–Trinajstić information content (AvgIpc) is 2.29. The van der Waals surface area contributed by atoms with Gasteiger partial charge in [0.25, 0.3) is 0 Å². The van der Waals surface area contributed by atoms with Crippen LogP contribution in [0.3, 0.4) is 0 Å². The molecule has 0 spiro atoms. The lowest BCUT2D eigenvalue weighted by molar-refractivity contribution is 0.573. The summed E-state index contributed by atoms with van der Waals surface area (Å²) in [7, 11) is 0. The molecule has 0 saturated carbocycles. The zero-order valence-corrected chi connectivity index (χ0v) is 9.37. The van der Waals surface area contributed by atoms with E-state index in [1.165, 1.54) is 24.8 Å². The molecular formula is C12H19N3. The second-order valence-electron chi connectivity index (χ2n) is 4.23.